The summed E-state index contributed by atoms with van der Waals surface area (Å²) < 4.78 is 7.61. The Kier molecular flexibility index (Phi) is 5.54. The zero-order chi connectivity index (χ0) is 20.4. The first-order valence-electron chi connectivity index (χ1n) is 10.3. The Balaban J connectivity index is 1.83. The van der Waals surface area contributed by atoms with E-state index in [1.165, 1.54) is 27.7 Å². The van der Waals surface area contributed by atoms with Crippen LogP contribution >= 0.6 is 0 Å². The number of hydrogen-bond acceptors (Lipinski definition) is 3. The zero-order valence-electron chi connectivity index (χ0n) is 17.4. The lowest BCUT2D eigenvalue weighted by atomic mass is 10.0. The van der Waals surface area contributed by atoms with Crippen molar-refractivity contribution in [1.82, 2.24) is 9.47 Å². The van der Waals surface area contributed by atoms with Crippen molar-refractivity contribution >= 4 is 22.4 Å². The van der Waals surface area contributed by atoms with Crippen molar-refractivity contribution < 1.29 is 9.53 Å². The van der Waals surface area contributed by atoms with Gasteiger partial charge in [0.25, 0.3) is 0 Å². The van der Waals surface area contributed by atoms with Crippen molar-refractivity contribution in [3.63, 3.8) is 0 Å². The maximum Gasteiger partial charge on any atom is 0.331 e. The Morgan fingerprint density at radius 2 is 1.97 bits per heavy atom. The number of aryl methyl sites for hydroxylation is 1. The molecule has 1 aliphatic heterocycles. The van der Waals surface area contributed by atoms with E-state index < -0.39 is 0 Å². The Labute approximate surface area is 172 Å². The molecule has 0 saturated heterocycles. The summed E-state index contributed by atoms with van der Waals surface area (Å²) in [5.41, 5.74) is 7.34. The fraction of sp³-hybridized carbons (Fsp3) is 0.320. The average molecular weight is 389 g/mol. The van der Waals surface area contributed by atoms with E-state index in [0.29, 0.717) is 13.2 Å². The standard InChI is InChI=1S/C25H28N2O2/c1-4-29-25(28)15-20(19-8-6-5-7-9-19)16-27-23-11-10-18(2)14-21(23)22-17-26(3)13-12-24(22)27/h5-11,14-15H,4,12-13,16-17H2,1-3H3. The number of carbonyl (C=O) groups excluding carboxylic acids is 1. The number of fused-ring (bicyclic) bond motifs is 3. The molecule has 2 aromatic carbocycles. The molecule has 0 amide bonds. The fourth-order valence-electron chi connectivity index (χ4n) is 4.25. The Morgan fingerprint density at radius 1 is 1.17 bits per heavy atom. The van der Waals surface area contributed by atoms with Crippen LogP contribution in [0.5, 0.6) is 0 Å². The van der Waals surface area contributed by atoms with E-state index in [-0.39, 0.29) is 5.97 Å². The second kappa shape index (κ2) is 8.26. The number of benzene rings is 2. The van der Waals surface area contributed by atoms with Crippen LogP contribution in [0, 0.1) is 6.92 Å². The predicted molar refractivity (Wildman–Crippen MR) is 118 cm³/mol. The second-order valence-electron chi connectivity index (χ2n) is 7.81. The van der Waals surface area contributed by atoms with Crippen LogP contribution in [-0.2, 0) is 29.0 Å². The first-order chi connectivity index (χ1) is 14.1. The van der Waals surface area contributed by atoms with Crippen molar-refractivity contribution in [1.29, 1.82) is 0 Å². The maximum atomic E-state index is 12.3. The topological polar surface area (TPSA) is 34.5 Å². The number of carbonyl (C=O) groups is 1. The van der Waals surface area contributed by atoms with Gasteiger partial charge < -0.3 is 14.2 Å². The van der Waals surface area contributed by atoms with Gasteiger partial charge in [0.1, 0.15) is 0 Å². The number of rotatable bonds is 5. The molecule has 0 aliphatic carbocycles. The van der Waals surface area contributed by atoms with Gasteiger partial charge in [0.15, 0.2) is 0 Å². The van der Waals surface area contributed by atoms with Crippen molar-refractivity contribution in [2.45, 2.75) is 33.4 Å². The fourth-order valence-corrected chi connectivity index (χ4v) is 4.25. The number of allylic oxidation sites excluding steroid dienone is 1. The first kappa shape index (κ1) is 19.5. The predicted octanol–water partition coefficient (Wildman–Crippen LogP) is 4.58. The van der Waals surface area contributed by atoms with E-state index in [2.05, 4.69) is 53.8 Å². The van der Waals surface area contributed by atoms with Gasteiger partial charge in [-0.1, -0.05) is 42.0 Å². The van der Waals surface area contributed by atoms with Gasteiger partial charge in [-0.25, -0.2) is 4.79 Å². The van der Waals surface area contributed by atoms with Gasteiger partial charge in [0, 0.05) is 48.7 Å². The van der Waals surface area contributed by atoms with E-state index in [4.69, 9.17) is 4.74 Å². The molecule has 0 atom stereocenters. The van der Waals surface area contributed by atoms with Crippen LogP contribution in [0.15, 0.2) is 54.6 Å². The van der Waals surface area contributed by atoms with Crippen molar-refractivity contribution in [2.24, 2.45) is 0 Å². The lowest BCUT2D eigenvalue weighted by molar-refractivity contribution is -0.137. The highest BCUT2D eigenvalue weighted by molar-refractivity contribution is 5.92. The molecule has 0 N–H and O–H groups in total. The third-order valence-corrected chi connectivity index (χ3v) is 5.65. The van der Waals surface area contributed by atoms with E-state index in [9.17, 15) is 4.79 Å². The van der Waals surface area contributed by atoms with E-state index in [0.717, 1.165) is 30.6 Å². The molecule has 1 aliphatic rings. The highest BCUT2D eigenvalue weighted by Crippen LogP contribution is 2.33. The molecule has 4 rings (SSSR count). The minimum atomic E-state index is -0.285. The highest BCUT2D eigenvalue weighted by atomic mass is 16.5. The molecule has 4 heteroatoms. The molecule has 4 nitrogen and oxygen atoms in total. The lowest BCUT2D eigenvalue weighted by Crippen LogP contribution is -2.27. The normalized spacial score (nSPS) is 14.8. The highest BCUT2D eigenvalue weighted by Gasteiger charge is 2.23. The number of likely N-dealkylation sites (N-methyl/N-ethyl adjacent to an activating group) is 1. The number of hydrogen-bond donors (Lipinski definition) is 0. The van der Waals surface area contributed by atoms with Crippen LogP contribution in [0.3, 0.4) is 0 Å². The second-order valence-corrected chi connectivity index (χ2v) is 7.81. The number of esters is 1. The van der Waals surface area contributed by atoms with Gasteiger partial charge in [-0.05, 0) is 49.7 Å². The molecule has 29 heavy (non-hydrogen) atoms. The van der Waals surface area contributed by atoms with Crippen molar-refractivity contribution in [3.8, 4) is 0 Å². The molecule has 0 spiro atoms. The molecule has 0 bridgehead atoms. The Bertz CT molecular complexity index is 1060. The summed E-state index contributed by atoms with van der Waals surface area (Å²) in [5, 5.41) is 1.33. The summed E-state index contributed by atoms with van der Waals surface area (Å²) in [6, 6.07) is 16.8. The van der Waals surface area contributed by atoms with Crippen LogP contribution in [0.2, 0.25) is 0 Å². The third-order valence-electron chi connectivity index (χ3n) is 5.65. The quantitative estimate of drug-likeness (QED) is 0.474. The van der Waals surface area contributed by atoms with Crippen LogP contribution in [0.25, 0.3) is 16.5 Å². The molecule has 0 radical (unpaired) electrons. The van der Waals surface area contributed by atoms with Crippen LogP contribution in [-0.4, -0.2) is 35.6 Å². The third kappa shape index (κ3) is 3.99. The van der Waals surface area contributed by atoms with Gasteiger partial charge in [0.2, 0.25) is 0 Å². The largest absolute Gasteiger partial charge is 0.463 e. The molecule has 0 saturated carbocycles. The van der Waals surface area contributed by atoms with Crippen LogP contribution in [0.1, 0.15) is 29.3 Å². The summed E-state index contributed by atoms with van der Waals surface area (Å²) in [4.78, 5) is 14.7. The molecule has 2 heterocycles. The SMILES string of the molecule is CCOC(=O)C=C(Cn1c2c(c3cc(C)ccc31)CN(C)CC2)c1ccccc1. The minimum absolute atomic E-state index is 0.285. The summed E-state index contributed by atoms with van der Waals surface area (Å²) in [6.45, 7) is 7.02. The minimum Gasteiger partial charge on any atom is -0.463 e. The van der Waals surface area contributed by atoms with Gasteiger partial charge >= 0.3 is 5.97 Å². The molecule has 0 unspecified atom stereocenters. The summed E-state index contributed by atoms with van der Waals surface area (Å²) in [7, 11) is 2.18. The summed E-state index contributed by atoms with van der Waals surface area (Å²) in [6.07, 6.45) is 2.67. The van der Waals surface area contributed by atoms with Crippen LogP contribution < -0.4 is 0 Å². The van der Waals surface area contributed by atoms with E-state index in [1.54, 1.807) is 6.08 Å². The van der Waals surface area contributed by atoms with E-state index >= 15 is 0 Å². The maximum absolute atomic E-state index is 12.3. The summed E-state index contributed by atoms with van der Waals surface area (Å²) in [5.74, 6) is -0.285. The summed E-state index contributed by atoms with van der Waals surface area (Å²) >= 11 is 0. The van der Waals surface area contributed by atoms with Gasteiger partial charge in [-0.2, -0.15) is 0 Å². The molecule has 150 valence electrons. The van der Waals surface area contributed by atoms with Crippen molar-refractivity contribution in [2.75, 3.05) is 20.2 Å². The Morgan fingerprint density at radius 3 is 2.72 bits per heavy atom. The first-order valence-corrected chi connectivity index (χ1v) is 10.3. The number of aromatic nitrogens is 1. The zero-order valence-corrected chi connectivity index (χ0v) is 17.4. The van der Waals surface area contributed by atoms with Crippen LogP contribution in [0.4, 0.5) is 0 Å². The van der Waals surface area contributed by atoms with Gasteiger partial charge in [-0.3, -0.25) is 0 Å². The molecular weight excluding hydrogens is 360 g/mol. The Hall–Kier alpha value is -2.85. The molecule has 0 fully saturated rings. The number of nitrogens with zero attached hydrogens (tertiary/aromatic N) is 2. The lowest BCUT2D eigenvalue weighted by Gasteiger charge is -2.24. The molecular formula is C25H28N2O2. The average Bonchev–Trinajstić information content (AvgIpc) is 3.00. The monoisotopic (exact) mass is 388 g/mol. The van der Waals surface area contributed by atoms with Gasteiger partial charge in [-0.15, -0.1) is 0 Å². The van der Waals surface area contributed by atoms with Crippen molar-refractivity contribution in [3.05, 3.63) is 77.0 Å². The van der Waals surface area contributed by atoms with Gasteiger partial charge in [0.05, 0.1) is 6.61 Å². The number of ether oxygens (including phenoxy) is 1. The molecule has 3 aromatic rings. The smallest absolute Gasteiger partial charge is 0.331 e. The van der Waals surface area contributed by atoms with E-state index in [1.807, 2.05) is 25.1 Å². The molecule has 1 aromatic heterocycles.